The molecule has 0 spiro atoms. The number of aryl methyl sites for hydroxylation is 1. The Labute approximate surface area is 111 Å². The number of nitrogens with zero attached hydrogens (tertiary/aromatic N) is 1. The lowest BCUT2D eigenvalue weighted by Gasteiger charge is -2.07. The topological polar surface area (TPSA) is 76.5 Å². The van der Waals surface area contributed by atoms with E-state index in [1.807, 2.05) is 6.92 Å². The zero-order valence-corrected chi connectivity index (χ0v) is 11.2. The van der Waals surface area contributed by atoms with Crippen molar-refractivity contribution in [1.82, 2.24) is 4.98 Å². The molecule has 0 saturated carbocycles. The maximum Gasteiger partial charge on any atom is 0.339 e. The Hall–Kier alpha value is -2.01. The Kier molecular flexibility index (Phi) is 5.38. The molecule has 0 aliphatic rings. The average molecular weight is 263 g/mol. The largest absolute Gasteiger partial charge is 0.478 e. The second-order valence-corrected chi connectivity index (χ2v) is 4.44. The fourth-order valence-electron chi connectivity index (χ4n) is 1.41. The van der Waals surface area contributed by atoms with Crippen molar-refractivity contribution in [3.63, 3.8) is 0 Å². The van der Waals surface area contributed by atoms with Crippen molar-refractivity contribution in [2.75, 3.05) is 6.61 Å². The quantitative estimate of drug-likeness (QED) is 0.481. The Bertz CT molecular complexity index is 506. The number of carbonyl (C=O) groups excluding carboxylic acids is 1. The third kappa shape index (κ3) is 5.01. The highest BCUT2D eigenvalue weighted by Gasteiger charge is 2.18. The van der Waals surface area contributed by atoms with E-state index in [1.165, 1.54) is 12.3 Å². The van der Waals surface area contributed by atoms with E-state index in [4.69, 9.17) is 9.84 Å². The SMILES string of the molecule is Cc1cncc(/C=C(\C(=O)O)C(=O)COC(C)C)c1. The molecule has 0 aliphatic heterocycles. The first-order chi connectivity index (χ1) is 8.90. The summed E-state index contributed by atoms with van der Waals surface area (Å²) in [5.41, 5.74) is 1.17. The number of carbonyl (C=O) groups is 2. The van der Waals surface area contributed by atoms with Gasteiger partial charge in [-0.15, -0.1) is 0 Å². The summed E-state index contributed by atoms with van der Waals surface area (Å²) < 4.78 is 5.13. The van der Waals surface area contributed by atoms with Crippen molar-refractivity contribution < 1.29 is 19.4 Å². The first-order valence-corrected chi connectivity index (χ1v) is 5.91. The summed E-state index contributed by atoms with van der Waals surface area (Å²) in [5, 5.41) is 9.07. The molecule has 0 radical (unpaired) electrons. The Morgan fingerprint density at radius 3 is 2.63 bits per heavy atom. The summed E-state index contributed by atoms with van der Waals surface area (Å²) in [4.78, 5) is 26.8. The van der Waals surface area contributed by atoms with Crippen LogP contribution >= 0.6 is 0 Å². The molecule has 1 N–H and O–H groups in total. The highest BCUT2D eigenvalue weighted by atomic mass is 16.5. The van der Waals surface area contributed by atoms with Crippen LogP contribution in [0, 0.1) is 6.92 Å². The molecule has 1 aromatic rings. The van der Waals surface area contributed by atoms with Crippen molar-refractivity contribution in [3.05, 3.63) is 35.2 Å². The Balaban J connectivity index is 2.94. The van der Waals surface area contributed by atoms with Crippen LogP contribution in [0.4, 0.5) is 0 Å². The monoisotopic (exact) mass is 263 g/mol. The normalized spacial score (nSPS) is 11.7. The molecule has 0 unspecified atom stereocenters. The van der Waals surface area contributed by atoms with Crippen LogP contribution in [-0.4, -0.2) is 34.6 Å². The first kappa shape index (κ1) is 15.0. The van der Waals surface area contributed by atoms with Gasteiger partial charge in [-0.05, 0) is 44.0 Å². The number of aliphatic carboxylic acids is 1. The molecule has 5 heteroatoms. The molecule has 0 amide bonds. The molecule has 102 valence electrons. The van der Waals surface area contributed by atoms with Crippen molar-refractivity contribution in [1.29, 1.82) is 0 Å². The van der Waals surface area contributed by atoms with Crippen molar-refractivity contribution >= 4 is 17.8 Å². The fraction of sp³-hybridized carbons (Fsp3) is 0.357. The number of aromatic nitrogens is 1. The van der Waals surface area contributed by atoms with E-state index >= 15 is 0 Å². The van der Waals surface area contributed by atoms with E-state index in [9.17, 15) is 9.59 Å². The van der Waals surface area contributed by atoms with Crippen LogP contribution in [0.5, 0.6) is 0 Å². The lowest BCUT2D eigenvalue weighted by atomic mass is 10.1. The standard InChI is InChI=1S/C14H17NO4/c1-9(2)19-8-13(16)12(14(17)18)5-11-4-10(3)6-15-7-11/h4-7,9H,8H2,1-3H3,(H,17,18)/b12-5-. The van der Waals surface area contributed by atoms with Crippen molar-refractivity contribution in [2.24, 2.45) is 0 Å². The second-order valence-electron chi connectivity index (χ2n) is 4.44. The van der Waals surface area contributed by atoms with Crippen LogP contribution < -0.4 is 0 Å². The molecular weight excluding hydrogens is 246 g/mol. The number of ether oxygens (including phenoxy) is 1. The van der Waals surface area contributed by atoms with Crippen LogP contribution in [0.2, 0.25) is 0 Å². The number of rotatable bonds is 6. The highest BCUT2D eigenvalue weighted by Crippen LogP contribution is 2.09. The van der Waals surface area contributed by atoms with Gasteiger partial charge in [0.15, 0.2) is 5.78 Å². The molecule has 0 atom stereocenters. The molecule has 1 aromatic heterocycles. The van der Waals surface area contributed by atoms with Gasteiger partial charge in [-0.3, -0.25) is 9.78 Å². The predicted molar refractivity (Wildman–Crippen MR) is 70.7 cm³/mol. The molecule has 19 heavy (non-hydrogen) atoms. The van der Waals surface area contributed by atoms with Gasteiger partial charge in [0.25, 0.3) is 0 Å². The van der Waals surface area contributed by atoms with Gasteiger partial charge in [0, 0.05) is 12.4 Å². The highest BCUT2D eigenvalue weighted by molar-refractivity contribution is 6.20. The number of ketones is 1. The molecule has 0 aliphatic carbocycles. The van der Waals surface area contributed by atoms with Gasteiger partial charge in [0.2, 0.25) is 0 Å². The summed E-state index contributed by atoms with van der Waals surface area (Å²) in [5.74, 6) is -1.82. The molecule has 1 rings (SSSR count). The molecule has 5 nitrogen and oxygen atoms in total. The van der Waals surface area contributed by atoms with Crippen LogP contribution in [0.15, 0.2) is 24.0 Å². The molecular formula is C14H17NO4. The van der Waals surface area contributed by atoms with Crippen LogP contribution in [0.25, 0.3) is 6.08 Å². The minimum atomic E-state index is -1.26. The van der Waals surface area contributed by atoms with Gasteiger partial charge < -0.3 is 9.84 Å². The maximum absolute atomic E-state index is 11.8. The smallest absolute Gasteiger partial charge is 0.339 e. The third-order valence-corrected chi connectivity index (χ3v) is 2.29. The molecule has 0 saturated heterocycles. The maximum atomic E-state index is 11.8. The predicted octanol–water partition coefficient (Wildman–Crippen LogP) is 1.85. The van der Waals surface area contributed by atoms with E-state index in [0.29, 0.717) is 5.56 Å². The zero-order valence-electron chi connectivity index (χ0n) is 11.2. The van der Waals surface area contributed by atoms with E-state index in [0.717, 1.165) is 5.56 Å². The lowest BCUT2D eigenvalue weighted by molar-refractivity contribution is -0.135. The van der Waals surface area contributed by atoms with Crippen LogP contribution in [0.3, 0.4) is 0 Å². The first-order valence-electron chi connectivity index (χ1n) is 5.91. The number of hydrogen-bond donors (Lipinski definition) is 1. The molecule has 0 fully saturated rings. The number of pyridine rings is 1. The summed E-state index contributed by atoms with van der Waals surface area (Å²) in [6.07, 6.45) is 4.35. The zero-order chi connectivity index (χ0) is 14.4. The summed E-state index contributed by atoms with van der Waals surface area (Å²) in [7, 11) is 0. The fourth-order valence-corrected chi connectivity index (χ4v) is 1.41. The van der Waals surface area contributed by atoms with Crippen molar-refractivity contribution in [2.45, 2.75) is 26.9 Å². The second kappa shape index (κ2) is 6.80. The van der Waals surface area contributed by atoms with Gasteiger partial charge in [-0.2, -0.15) is 0 Å². The van der Waals surface area contributed by atoms with E-state index in [2.05, 4.69) is 4.98 Å². The van der Waals surface area contributed by atoms with Gasteiger partial charge in [0.05, 0.1) is 6.10 Å². The van der Waals surface area contributed by atoms with Gasteiger partial charge in [-0.25, -0.2) is 4.79 Å². The molecule has 0 bridgehead atoms. The van der Waals surface area contributed by atoms with Crippen LogP contribution in [0.1, 0.15) is 25.0 Å². The van der Waals surface area contributed by atoms with Gasteiger partial charge in [-0.1, -0.05) is 0 Å². The summed E-state index contributed by atoms with van der Waals surface area (Å²) in [6.45, 7) is 5.16. The van der Waals surface area contributed by atoms with Crippen molar-refractivity contribution in [3.8, 4) is 0 Å². The number of hydrogen-bond acceptors (Lipinski definition) is 4. The van der Waals surface area contributed by atoms with Gasteiger partial charge in [0.1, 0.15) is 12.2 Å². The van der Waals surface area contributed by atoms with Crippen LogP contribution in [-0.2, 0) is 14.3 Å². The van der Waals surface area contributed by atoms with Gasteiger partial charge >= 0.3 is 5.97 Å². The Morgan fingerprint density at radius 1 is 1.42 bits per heavy atom. The molecule has 1 heterocycles. The summed E-state index contributed by atoms with van der Waals surface area (Å²) in [6, 6.07) is 1.76. The summed E-state index contributed by atoms with van der Waals surface area (Å²) >= 11 is 0. The lowest BCUT2D eigenvalue weighted by Crippen LogP contribution is -2.19. The molecule has 0 aromatic carbocycles. The van der Waals surface area contributed by atoms with E-state index in [-0.39, 0.29) is 18.3 Å². The Morgan fingerprint density at radius 2 is 2.11 bits per heavy atom. The third-order valence-electron chi connectivity index (χ3n) is 2.29. The van der Waals surface area contributed by atoms with E-state index in [1.54, 1.807) is 26.1 Å². The number of Topliss-reactive ketones (excluding diaryl/α,β-unsaturated/α-hetero) is 1. The minimum absolute atomic E-state index is 0.125. The number of carboxylic acids is 1. The average Bonchev–Trinajstić information content (AvgIpc) is 2.32. The number of carboxylic acid groups (broad SMARTS) is 1. The minimum Gasteiger partial charge on any atom is -0.478 e. The van der Waals surface area contributed by atoms with E-state index < -0.39 is 11.8 Å².